The zero-order valence-electron chi connectivity index (χ0n) is 17.2. The lowest BCUT2D eigenvalue weighted by molar-refractivity contribution is -0.132. The van der Waals surface area contributed by atoms with Crippen LogP contribution in [0.2, 0.25) is 0 Å². The number of halogens is 1. The molecular formula is C23H26FN3O2. The van der Waals surface area contributed by atoms with Crippen molar-refractivity contribution in [2.24, 2.45) is 0 Å². The molecule has 1 aromatic heterocycles. The zero-order chi connectivity index (χ0) is 21.1. The molecular weight excluding hydrogens is 369 g/mol. The van der Waals surface area contributed by atoms with Gasteiger partial charge in [-0.25, -0.2) is 9.07 Å². The second kappa shape index (κ2) is 8.57. The molecule has 0 unspecified atom stereocenters. The first kappa shape index (κ1) is 20.7. The van der Waals surface area contributed by atoms with Crippen LogP contribution in [0.5, 0.6) is 0 Å². The Balaban J connectivity index is 1.74. The maximum absolute atomic E-state index is 13.4. The van der Waals surface area contributed by atoms with E-state index < -0.39 is 11.9 Å². The molecule has 3 aromatic rings. The van der Waals surface area contributed by atoms with Gasteiger partial charge in [0.05, 0.1) is 23.9 Å². The Morgan fingerprint density at radius 1 is 1.17 bits per heavy atom. The number of rotatable bonds is 6. The second-order valence-corrected chi connectivity index (χ2v) is 7.37. The van der Waals surface area contributed by atoms with Gasteiger partial charge in [0.15, 0.2) is 0 Å². The Hall–Kier alpha value is -2.99. The highest BCUT2D eigenvalue weighted by Gasteiger charge is 2.20. The Morgan fingerprint density at radius 3 is 2.59 bits per heavy atom. The van der Waals surface area contributed by atoms with E-state index in [2.05, 4.69) is 5.10 Å². The molecule has 2 aromatic carbocycles. The molecule has 0 spiro atoms. The number of aryl methyl sites for hydroxylation is 2. The molecule has 0 fully saturated rings. The Kier molecular flexibility index (Phi) is 6.13. The van der Waals surface area contributed by atoms with Gasteiger partial charge in [0, 0.05) is 24.8 Å². The highest BCUT2D eigenvalue weighted by molar-refractivity contribution is 5.76. The summed E-state index contributed by atoms with van der Waals surface area (Å²) < 4.78 is 15.3. The number of aliphatic hydroxyl groups excluding tert-OH is 1. The third kappa shape index (κ3) is 4.54. The van der Waals surface area contributed by atoms with Gasteiger partial charge in [-0.15, -0.1) is 0 Å². The van der Waals surface area contributed by atoms with E-state index in [1.165, 1.54) is 18.2 Å². The number of aliphatic hydroxyl groups is 1. The van der Waals surface area contributed by atoms with Crippen LogP contribution in [0.15, 0.2) is 48.5 Å². The van der Waals surface area contributed by atoms with Crippen molar-refractivity contribution in [3.63, 3.8) is 0 Å². The molecule has 0 saturated carbocycles. The van der Waals surface area contributed by atoms with Crippen molar-refractivity contribution >= 4 is 5.91 Å². The largest absolute Gasteiger partial charge is 0.388 e. The normalized spacial score (nSPS) is 12.1. The summed E-state index contributed by atoms with van der Waals surface area (Å²) >= 11 is 0. The van der Waals surface area contributed by atoms with E-state index in [1.807, 2.05) is 49.7 Å². The summed E-state index contributed by atoms with van der Waals surface area (Å²) in [5.74, 6) is -0.651. The van der Waals surface area contributed by atoms with E-state index >= 15 is 0 Å². The van der Waals surface area contributed by atoms with E-state index in [0.717, 1.165) is 28.2 Å². The Labute approximate surface area is 170 Å². The Bertz CT molecular complexity index is 1030. The molecule has 1 N–H and O–H groups in total. The lowest BCUT2D eigenvalue weighted by Crippen LogP contribution is -2.28. The number of carbonyl (C=O) groups is 1. The molecule has 0 saturated heterocycles. The number of amides is 1. The molecule has 0 aliphatic carbocycles. The molecule has 5 nitrogen and oxygen atoms in total. The fourth-order valence-electron chi connectivity index (χ4n) is 3.42. The maximum atomic E-state index is 13.4. The van der Waals surface area contributed by atoms with Gasteiger partial charge < -0.3 is 10.0 Å². The second-order valence-electron chi connectivity index (χ2n) is 7.37. The first-order valence-corrected chi connectivity index (χ1v) is 9.56. The summed E-state index contributed by atoms with van der Waals surface area (Å²) in [6.07, 6.45) is -1.15. The van der Waals surface area contributed by atoms with Crippen molar-refractivity contribution in [3.8, 4) is 5.69 Å². The van der Waals surface area contributed by atoms with Crippen LogP contribution in [0, 0.1) is 26.6 Å². The van der Waals surface area contributed by atoms with Gasteiger partial charge in [0.2, 0.25) is 5.91 Å². The lowest BCUT2D eigenvalue weighted by Gasteiger charge is -2.20. The van der Waals surface area contributed by atoms with Crippen LogP contribution >= 0.6 is 0 Å². The molecule has 0 radical (unpaired) electrons. The van der Waals surface area contributed by atoms with Crippen LogP contribution in [0.3, 0.4) is 0 Å². The fourth-order valence-corrected chi connectivity index (χ4v) is 3.42. The van der Waals surface area contributed by atoms with Crippen molar-refractivity contribution < 1.29 is 14.3 Å². The van der Waals surface area contributed by atoms with Gasteiger partial charge in [-0.05, 0) is 50.1 Å². The molecule has 152 valence electrons. The molecule has 3 rings (SSSR count). The number of benzene rings is 2. The van der Waals surface area contributed by atoms with Crippen LogP contribution in [-0.2, 0) is 11.3 Å². The summed E-state index contributed by atoms with van der Waals surface area (Å²) in [7, 11) is 1.70. The van der Waals surface area contributed by atoms with Crippen LogP contribution < -0.4 is 0 Å². The highest BCUT2D eigenvalue weighted by Crippen LogP contribution is 2.23. The minimum Gasteiger partial charge on any atom is -0.388 e. The smallest absolute Gasteiger partial charge is 0.225 e. The van der Waals surface area contributed by atoms with E-state index in [9.17, 15) is 14.3 Å². The van der Waals surface area contributed by atoms with Crippen molar-refractivity contribution in [1.29, 1.82) is 0 Å². The number of hydrogen-bond donors (Lipinski definition) is 1. The number of para-hydroxylation sites is 1. The van der Waals surface area contributed by atoms with Crippen molar-refractivity contribution in [3.05, 3.63) is 82.4 Å². The van der Waals surface area contributed by atoms with Gasteiger partial charge in [0.1, 0.15) is 5.82 Å². The van der Waals surface area contributed by atoms with Gasteiger partial charge in [-0.2, -0.15) is 5.10 Å². The van der Waals surface area contributed by atoms with Crippen LogP contribution in [0.25, 0.3) is 5.69 Å². The quantitative estimate of drug-likeness (QED) is 0.686. The van der Waals surface area contributed by atoms with Crippen molar-refractivity contribution in [2.75, 3.05) is 7.05 Å². The topological polar surface area (TPSA) is 58.4 Å². The first-order valence-electron chi connectivity index (χ1n) is 9.56. The summed E-state index contributed by atoms with van der Waals surface area (Å²) in [5.41, 5.74) is 5.33. The van der Waals surface area contributed by atoms with E-state index in [4.69, 9.17) is 0 Å². The number of nitrogens with zero attached hydrogens (tertiary/aromatic N) is 3. The molecule has 0 aliphatic heterocycles. The summed E-state index contributed by atoms with van der Waals surface area (Å²) in [6, 6.07) is 13.7. The van der Waals surface area contributed by atoms with E-state index in [0.29, 0.717) is 12.1 Å². The molecule has 1 amide bonds. The molecule has 1 atom stereocenters. The minimum atomic E-state index is -1.04. The van der Waals surface area contributed by atoms with Gasteiger partial charge >= 0.3 is 0 Å². The maximum Gasteiger partial charge on any atom is 0.225 e. The van der Waals surface area contributed by atoms with Crippen LogP contribution in [-0.4, -0.2) is 32.7 Å². The predicted molar refractivity (Wildman–Crippen MR) is 110 cm³/mol. The van der Waals surface area contributed by atoms with Crippen molar-refractivity contribution in [2.45, 2.75) is 39.8 Å². The van der Waals surface area contributed by atoms with Gasteiger partial charge in [-0.1, -0.05) is 30.3 Å². The van der Waals surface area contributed by atoms with Gasteiger partial charge in [0.25, 0.3) is 0 Å². The molecule has 1 heterocycles. The zero-order valence-corrected chi connectivity index (χ0v) is 17.2. The SMILES string of the molecule is Cc1ccccc1-n1nc(C)c(CN(C)C(=O)C[C@H](O)c2cccc(F)c2)c1C. The third-order valence-electron chi connectivity index (χ3n) is 5.21. The average molecular weight is 395 g/mol. The lowest BCUT2D eigenvalue weighted by atomic mass is 10.1. The summed E-state index contributed by atoms with van der Waals surface area (Å²) in [6.45, 7) is 6.34. The van der Waals surface area contributed by atoms with E-state index in [1.54, 1.807) is 18.0 Å². The number of hydrogen-bond acceptors (Lipinski definition) is 3. The minimum absolute atomic E-state index is 0.107. The average Bonchev–Trinajstić information content (AvgIpc) is 2.96. The van der Waals surface area contributed by atoms with Crippen LogP contribution in [0.1, 0.15) is 40.6 Å². The standard InChI is InChI=1S/C23H26FN3O2/c1-15-8-5-6-11-21(15)27-17(3)20(16(2)25-27)14-26(4)23(29)13-22(28)18-9-7-10-19(24)12-18/h5-12,22,28H,13-14H2,1-4H3/t22-/m0/s1. The summed E-state index contributed by atoms with van der Waals surface area (Å²) in [4.78, 5) is 14.2. The summed E-state index contributed by atoms with van der Waals surface area (Å²) in [5, 5.41) is 15.0. The predicted octanol–water partition coefficient (Wildman–Crippen LogP) is 4.02. The molecule has 0 aliphatic rings. The fraction of sp³-hybridized carbons (Fsp3) is 0.304. The number of carbonyl (C=O) groups excluding carboxylic acids is 1. The van der Waals surface area contributed by atoms with Crippen LogP contribution in [0.4, 0.5) is 4.39 Å². The monoisotopic (exact) mass is 395 g/mol. The number of aromatic nitrogens is 2. The first-order chi connectivity index (χ1) is 13.8. The molecule has 6 heteroatoms. The molecule has 0 bridgehead atoms. The molecule has 29 heavy (non-hydrogen) atoms. The third-order valence-corrected chi connectivity index (χ3v) is 5.21. The van der Waals surface area contributed by atoms with Gasteiger partial charge in [-0.3, -0.25) is 4.79 Å². The Morgan fingerprint density at radius 2 is 1.90 bits per heavy atom. The van der Waals surface area contributed by atoms with E-state index in [-0.39, 0.29) is 12.3 Å². The van der Waals surface area contributed by atoms with Crippen molar-refractivity contribution in [1.82, 2.24) is 14.7 Å². The highest BCUT2D eigenvalue weighted by atomic mass is 19.1.